The van der Waals surface area contributed by atoms with Crippen molar-refractivity contribution in [3.63, 3.8) is 0 Å². The highest BCUT2D eigenvalue weighted by Crippen LogP contribution is 2.19. The molecule has 0 spiro atoms. The molecule has 1 aromatic carbocycles. The minimum Gasteiger partial charge on any atom is -0.457 e. The Morgan fingerprint density at radius 3 is 2.57 bits per heavy atom. The first-order chi connectivity index (χ1) is 13.4. The van der Waals surface area contributed by atoms with Crippen LogP contribution in [0, 0.1) is 13.8 Å². The van der Waals surface area contributed by atoms with Crippen molar-refractivity contribution in [3.8, 4) is 0 Å². The number of fused-ring (bicyclic) bond motifs is 1. The van der Waals surface area contributed by atoms with Crippen molar-refractivity contribution in [2.75, 3.05) is 6.61 Å². The Kier molecular flexibility index (Phi) is 5.82. The Bertz CT molecular complexity index is 1010. The molecule has 0 bridgehead atoms. The van der Waals surface area contributed by atoms with Crippen LogP contribution >= 0.6 is 0 Å². The van der Waals surface area contributed by atoms with Gasteiger partial charge in [-0.1, -0.05) is 38.1 Å². The summed E-state index contributed by atoms with van der Waals surface area (Å²) in [5.41, 5.74) is 3.94. The molecular formula is C21H24N4O3. The van der Waals surface area contributed by atoms with Crippen LogP contribution in [0.25, 0.3) is 5.78 Å². The molecule has 28 heavy (non-hydrogen) atoms. The summed E-state index contributed by atoms with van der Waals surface area (Å²) in [6, 6.07) is 7.48. The van der Waals surface area contributed by atoms with Crippen LogP contribution in [0.1, 0.15) is 59.1 Å². The third kappa shape index (κ3) is 4.08. The highest BCUT2D eigenvalue weighted by atomic mass is 16.5. The molecule has 2 heterocycles. The Morgan fingerprint density at radius 1 is 1.18 bits per heavy atom. The number of rotatable bonds is 7. The normalized spacial score (nSPS) is 12.1. The predicted octanol–water partition coefficient (Wildman–Crippen LogP) is 3.22. The molecule has 2 aromatic heterocycles. The largest absolute Gasteiger partial charge is 0.457 e. The molecule has 3 rings (SSSR count). The van der Waals surface area contributed by atoms with Crippen LogP contribution in [-0.2, 0) is 16.0 Å². The number of benzene rings is 1. The molecule has 0 unspecified atom stereocenters. The maximum atomic E-state index is 12.3. The van der Waals surface area contributed by atoms with Crippen LogP contribution in [0.3, 0.4) is 0 Å². The lowest BCUT2D eigenvalue weighted by molar-refractivity contribution is -0.141. The average Bonchev–Trinajstić information content (AvgIpc) is 3.17. The monoisotopic (exact) mass is 380 g/mol. The van der Waals surface area contributed by atoms with Crippen LogP contribution in [0.4, 0.5) is 0 Å². The van der Waals surface area contributed by atoms with E-state index in [1.165, 1.54) is 11.9 Å². The van der Waals surface area contributed by atoms with E-state index < -0.39 is 5.97 Å². The number of ketones is 1. The molecule has 7 nitrogen and oxygen atoms in total. The van der Waals surface area contributed by atoms with Crippen LogP contribution in [0.15, 0.2) is 30.6 Å². The summed E-state index contributed by atoms with van der Waals surface area (Å²) in [4.78, 5) is 33.0. The third-order valence-corrected chi connectivity index (χ3v) is 5.09. The fourth-order valence-electron chi connectivity index (χ4n) is 3.07. The number of carbonyl (C=O) groups excluding carboxylic acids is 2. The van der Waals surface area contributed by atoms with E-state index in [1.807, 2.05) is 26.0 Å². The fraction of sp³-hybridized carbons (Fsp3) is 0.381. The lowest BCUT2D eigenvalue weighted by atomic mass is 9.97. The molecule has 7 heteroatoms. The van der Waals surface area contributed by atoms with Crippen molar-refractivity contribution in [1.29, 1.82) is 0 Å². The van der Waals surface area contributed by atoms with Gasteiger partial charge in [-0.2, -0.15) is 10.1 Å². The molecule has 0 N–H and O–H groups in total. The van der Waals surface area contributed by atoms with Crippen molar-refractivity contribution in [2.24, 2.45) is 0 Å². The molecule has 3 aromatic rings. The van der Waals surface area contributed by atoms with Gasteiger partial charge in [0.1, 0.15) is 6.33 Å². The Labute approximate surface area is 163 Å². The summed E-state index contributed by atoms with van der Waals surface area (Å²) in [5.74, 6) is 0.243. The topological polar surface area (TPSA) is 86.5 Å². The number of carbonyl (C=O) groups is 2. The summed E-state index contributed by atoms with van der Waals surface area (Å²) < 4.78 is 6.79. The number of aromatic nitrogens is 4. The maximum Gasteiger partial charge on any atom is 0.310 e. The molecule has 146 valence electrons. The fourth-order valence-corrected chi connectivity index (χ4v) is 3.07. The second-order valence-corrected chi connectivity index (χ2v) is 6.92. The van der Waals surface area contributed by atoms with Gasteiger partial charge in [0, 0.05) is 22.5 Å². The van der Waals surface area contributed by atoms with Gasteiger partial charge < -0.3 is 4.74 Å². The van der Waals surface area contributed by atoms with Crippen molar-refractivity contribution < 1.29 is 14.3 Å². The molecule has 0 amide bonds. The number of ether oxygens (including phenoxy) is 1. The zero-order valence-electron chi connectivity index (χ0n) is 16.6. The Hall–Kier alpha value is -3.09. The molecule has 0 saturated carbocycles. The number of Topliss-reactive ketones (excluding diaryl/α,β-unsaturated/α-hetero) is 1. The van der Waals surface area contributed by atoms with Gasteiger partial charge in [0.25, 0.3) is 5.78 Å². The second-order valence-electron chi connectivity index (χ2n) is 6.92. The van der Waals surface area contributed by atoms with E-state index in [0.29, 0.717) is 23.0 Å². The van der Waals surface area contributed by atoms with E-state index in [0.717, 1.165) is 17.7 Å². The summed E-state index contributed by atoms with van der Waals surface area (Å²) in [6.07, 6.45) is 2.49. The highest BCUT2D eigenvalue weighted by Gasteiger charge is 2.17. The van der Waals surface area contributed by atoms with Crippen molar-refractivity contribution in [1.82, 2.24) is 19.6 Å². The first-order valence-corrected chi connectivity index (χ1v) is 9.35. The minimum atomic E-state index is -0.475. The number of hydrogen-bond acceptors (Lipinski definition) is 6. The van der Waals surface area contributed by atoms with Gasteiger partial charge in [-0.05, 0) is 31.7 Å². The zero-order chi connectivity index (χ0) is 20.3. The predicted molar refractivity (Wildman–Crippen MR) is 104 cm³/mol. The van der Waals surface area contributed by atoms with Crippen LogP contribution < -0.4 is 0 Å². The van der Waals surface area contributed by atoms with Gasteiger partial charge in [0.2, 0.25) is 0 Å². The molecule has 0 radical (unpaired) electrons. The lowest BCUT2D eigenvalue weighted by Crippen LogP contribution is -2.18. The average molecular weight is 380 g/mol. The summed E-state index contributed by atoms with van der Waals surface area (Å²) >= 11 is 0. The van der Waals surface area contributed by atoms with Gasteiger partial charge in [-0.3, -0.25) is 9.59 Å². The zero-order valence-corrected chi connectivity index (χ0v) is 16.6. The highest BCUT2D eigenvalue weighted by molar-refractivity contribution is 5.98. The summed E-state index contributed by atoms with van der Waals surface area (Å²) in [6.45, 7) is 7.66. The third-order valence-electron chi connectivity index (χ3n) is 5.09. The van der Waals surface area contributed by atoms with Crippen LogP contribution in [0.5, 0.6) is 0 Å². The number of esters is 1. The standard InChI is InChI=1S/C21H24N4O3/c1-5-13(2)16-6-8-17(9-7-16)19(26)11-28-20(27)10-18-14(3)24-21-22-12-23-25(21)15(18)4/h6-9,12-13H,5,10-11H2,1-4H3/t13-/m0/s1. The van der Waals surface area contributed by atoms with Crippen molar-refractivity contribution >= 4 is 17.5 Å². The minimum absolute atomic E-state index is 0.0285. The van der Waals surface area contributed by atoms with Gasteiger partial charge in [0.15, 0.2) is 12.4 Å². The molecule has 1 atom stereocenters. The van der Waals surface area contributed by atoms with E-state index in [-0.39, 0.29) is 18.8 Å². The van der Waals surface area contributed by atoms with Crippen LogP contribution in [-0.4, -0.2) is 37.9 Å². The lowest BCUT2D eigenvalue weighted by Gasteiger charge is -2.11. The molecule has 0 aliphatic rings. The number of nitrogens with zero attached hydrogens (tertiary/aromatic N) is 4. The molecular weight excluding hydrogens is 356 g/mol. The van der Waals surface area contributed by atoms with E-state index >= 15 is 0 Å². The SMILES string of the molecule is CC[C@H](C)c1ccc(C(=O)COC(=O)Cc2c(C)nc3ncnn3c2C)cc1. The van der Waals surface area contributed by atoms with E-state index in [9.17, 15) is 9.59 Å². The Balaban J connectivity index is 1.62. The van der Waals surface area contributed by atoms with Gasteiger partial charge in [-0.15, -0.1) is 0 Å². The molecule has 0 aliphatic carbocycles. The van der Waals surface area contributed by atoms with Gasteiger partial charge in [0.05, 0.1) is 6.42 Å². The van der Waals surface area contributed by atoms with Gasteiger partial charge >= 0.3 is 5.97 Å². The van der Waals surface area contributed by atoms with E-state index in [4.69, 9.17) is 4.74 Å². The first-order valence-electron chi connectivity index (χ1n) is 9.35. The quantitative estimate of drug-likeness (QED) is 0.462. The van der Waals surface area contributed by atoms with E-state index in [1.54, 1.807) is 16.6 Å². The Morgan fingerprint density at radius 2 is 1.89 bits per heavy atom. The van der Waals surface area contributed by atoms with Crippen LogP contribution in [0.2, 0.25) is 0 Å². The second kappa shape index (κ2) is 8.29. The molecule has 0 fully saturated rings. The number of aryl methyl sites for hydroxylation is 2. The molecule has 0 aliphatic heterocycles. The van der Waals surface area contributed by atoms with Crippen molar-refractivity contribution in [2.45, 2.75) is 46.5 Å². The van der Waals surface area contributed by atoms with Crippen molar-refractivity contribution in [3.05, 3.63) is 58.7 Å². The summed E-state index contributed by atoms with van der Waals surface area (Å²) in [7, 11) is 0. The summed E-state index contributed by atoms with van der Waals surface area (Å²) in [5, 5.41) is 4.10. The molecule has 0 saturated heterocycles. The smallest absolute Gasteiger partial charge is 0.310 e. The van der Waals surface area contributed by atoms with E-state index in [2.05, 4.69) is 28.9 Å². The first kappa shape index (κ1) is 19.7. The van der Waals surface area contributed by atoms with Gasteiger partial charge in [-0.25, -0.2) is 9.50 Å². The maximum absolute atomic E-state index is 12.3. The number of hydrogen-bond donors (Lipinski definition) is 0.